The van der Waals surface area contributed by atoms with E-state index in [0.717, 1.165) is 0 Å². The van der Waals surface area contributed by atoms with Crippen LogP contribution in [0.15, 0.2) is 65.3 Å². The van der Waals surface area contributed by atoms with Gasteiger partial charge in [-0.3, -0.25) is 20.3 Å². The lowest BCUT2D eigenvalue weighted by molar-refractivity contribution is -0.385. The fourth-order valence-corrected chi connectivity index (χ4v) is 3.32. The number of nitro benzene ring substituents is 1. The summed E-state index contributed by atoms with van der Waals surface area (Å²) in [6, 6.07) is 15.2. The standard InChI is InChI=1S/C23H23N9O3/c1-3-24-21-27-22(25-4-2)29-23(28-21)30-31-19(15-10-6-5-7-11-15)26-17(20(31)33)14-16-12-8-9-13-18(16)32(34)35/h5-14H,3-4H2,1-2H3,(H3,24,25,27,28,29,30)/b17-14-. The fourth-order valence-electron chi connectivity index (χ4n) is 3.32. The van der Waals surface area contributed by atoms with Gasteiger partial charge in [0, 0.05) is 24.7 Å². The van der Waals surface area contributed by atoms with Crippen molar-refractivity contribution >= 4 is 41.4 Å². The molecule has 12 heteroatoms. The molecule has 0 saturated heterocycles. The van der Waals surface area contributed by atoms with Crippen molar-refractivity contribution in [2.75, 3.05) is 29.1 Å². The summed E-state index contributed by atoms with van der Waals surface area (Å²) in [5.74, 6) is 0.576. The van der Waals surface area contributed by atoms with Crippen molar-refractivity contribution in [3.05, 3.63) is 81.5 Å². The quantitative estimate of drug-likeness (QED) is 0.241. The van der Waals surface area contributed by atoms with Crippen LogP contribution in [0.1, 0.15) is 25.0 Å². The first-order chi connectivity index (χ1) is 17.0. The molecule has 1 aliphatic heterocycles. The number of carbonyl (C=O) groups excluding carboxylic acids is 1. The number of nitro groups is 1. The third-order valence-corrected chi connectivity index (χ3v) is 4.84. The van der Waals surface area contributed by atoms with E-state index < -0.39 is 10.8 Å². The number of benzene rings is 2. The highest BCUT2D eigenvalue weighted by Crippen LogP contribution is 2.26. The molecule has 4 rings (SSSR count). The summed E-state index contributed by atoms with van der Waals surface area (Å²) in [7, 11) is 0. The Morgan fingerprint density at radius 2 is 1.51 bits per heavy atom. The molecule has 3 aromatic rings. The summed E-state index contributed by atoms with van der Waals surface area (Å²) in [5.41, 5.74) is 3.75. The monoisotopic (exact) mass is 473 g/mol. The molecule has 1 aromatic heterocycles. The fraction of sp³-hybridized carbons (Fsp3) is 0.174. The van der Waals surface area contributed by atoms with Gasteiger partial charge in [-0.05, 0) is 26.0 Å². The number of rotatable bonds is 9. The van der Waals surface area contributed by atoms with Gasteiger partial charge in [0.25, 0.3) is 11.6 Å². The van der Waals surface area contributed by atoms with E-state index in [4.69, 9.17) is 0 Å². The maximum atomic E-state index is 13.4. The zero-order chi connectivity index (χ0) is 24.8. The Balaban J connectivity index is 1.75. The number of nitrogens with zero attached hydrogens (tertiary/aromatic N) is 6. The zero-order valence-corrected chi connectivity index (χ0v) is 19.1. The summed E-state index contributed by atoms with van der Waals surface area (Å²) >= 11 is 0. The normalized spacial score (nSPS) is 14.1. The van der Waals surface area contributed by atoms with Gasteiger partial charge in [0.05, 0.1) is 10.5 Å². The molecule has 1 aliphatic rings. The van der Waals surface area contributed by atoms with Crippen LogP contribution in [0.4, 0.5) is 23.5 Å². The highest BCUT2D eigenvalue weighted by atomic mass is 16.6. The lowest BCUT2D eigenvalue weighted by Gasteiger charge is -2.19. The van der Waals surface area contributed by atoms with Crippen LogP contribution in [0.25, 0.3) is 6.08 Å². The topological polar surface area (TPSA) is 151 Å². The molecule has 0 radical (unpaired) electrons. The summed E-state index contributed by atoms with van der Waals surface area (Å²) in [6.45, 7) is 5.01. The summed E-state index contributed by atoms with van der Waals surface area (Å²) < 4.78 is 0. The van der Waals surface area contributed by atoms with Crippen molar-refractivity contribution in [3.8, 4) is 0 Å². The molecule has 0 saturated carbocycles. The third kappa shape index (κ3) is 5.21. The van der Waals surface area contributed by atoms with Crippen molar-refractivity contribution in [1.82, 2.24) is 20.0 Å². The highest BCUT2D eigenvalue weighted by Gasteiger charge is 2.33. The molecule has 12 nitrogen and oxygen atoms in total. The van der Waals surface area contributed by atoms with E-state index in [2.05, 4.69) is 36.0 Å². The molecule has 0 spiro atoms. The van der Waals surface area contributed by atoms with E-state index in [9.17, 15) is 14.9 Å². The molecule has 0 aliphatic carbocycles. The molecule has 178 valence electrons. The number of nitrogens with one attached hydrogen (secondary N) is 3. The first kappa shape index (κ1) is 23.3. The molecular weight excluding hydrogens is 450 g/mol. The van der Waals surface area contributed by atoms with E-state index in [1.807, 2.05) is 32.0 Å². The van der Waals surface area contributed by atoms with E-state index in [1.54, 1.807) is 30.3 Å². The Labute approximate surface area is 201 Å². The summed E-state index contributed by atoms with van der Waals surface area (Å²) in [6.07, 6.45) is 1.40. The number of hydrogen-bond donors (Lipinski definition) is 3. The minimum Gasteiger partial charge on any atom is -0.354 e. The maximum absolute atomic E-state index is 13.4. The number of anilines is 3. The lowest BCUT2D eigenvalue weighted by Crippen LogP contribution is -2.38. The van der Waals surface area contributed by atoms with Gasteiger partial charge in [-0.1, -0.05) is 42.5 Å². The molecule has 0 unspecified atom stereocenters. The lowest BCUT2D eigenvalue weighted by atomic mass is 10.1. The minimum atomic E-state index is -0.516. The van der Waals surface area contributed by atoms with Gasteiger partial charge in [0.2, 0.25) is 17.8 Å². The van der Waals surface area contributed by atoms with Gasteiger partial charge in [-0.15, -0.1) is 0 Å². The van der Waals surface area contributed by atoms with Crippen LogP contribution < -0.4 is 16.1 Å². The Morgan fingerprint density at radius 1 is 0.914 bits per heavy atom. The number of amides is 1. The van der Waals surface area contributed by atoms with Crippen molar-refractivity contribution in [2.24, 2.45) is 4.99 Å². The minimum absolute atomic E-state index is 0.0264. The second-order valence-electron chi connectivity index (χ2n) is 7.27. The number of aliphatic imine (C=N–C) groups is 1. The molecule has 2 heterocycles. The van der Waals surface area contributed by atoms with Crippen LogP contribution in [0.2, 0.25) is 0 Å². The predicted octanol–water partition coefficient (Wildman–Crippen LogP) is 3.30. The van der Waals surface area contributed by atoms with Crippen LogP contribution in [-0.4, -0.2) is 49.7 Å². The van der Waals surface area contributed by atoms with Crippen LogP contribution in [0.3, 0.4) is 0 Å². The molecule has 35 heavy (non-hydrogen) atoms. The molecule has 1 amide bonds. The highest BCUT2D eigenvalue weighted by molar-refractivity contribution is 6.20. The van der Waals surface area contributed by atoms with Crippen LogP contribution in [0.5, 0.6) is 0 Å². The van der Waals surface area contributed by atoms with Crippen molar-refractivity contribution < 1.29 is 9.72 Å². The van der Waals surface area contributed by atoms with Gasteiger partial charge in [0.1, 0.15) is 5.70 Å². The van der Waals surface area contributed by atoms with Gasteiger partial charge in [-0.2, -0.15) is 20.0 Å². The van der Waals surface area contributed by atoms with Gasteiger partial charge in [0.15, 0.2) is 5.84 Å². The van der Waals surface area contributed by atoms with E-state index in [-0.39, 0.29) is 22.9 Å². The Bertz CT molecular complexity index is 1280. The largest absolute Gasteiger partial charge is 0.354 e. The van der Waals surface area contributed by atoms with Crippen molar-refractivity contribution in [3.63, 3.8) is 0 Å². The van der Waals surface area contributed by atoms with Crippen molar-refractivity contribution in [1.29, 1.82) is 0 Å². The summed E-state index contributed by atoms with van der Waals surface area (Å²) in [5, 5.41) is 18.7. The van der Waals surface area contributed by atoms with Gasteiger partial charge in [-0.25, -0.2) is 4.99 Å². The second-order valence-corrected chi connectivity index (χ2v) is 7.27. The van der Waals surface area contributed by atoms with Crippen molar-refractivity contribution in [2.45, 2.75) is 13.8 Å². The van der Waals surface area contributed by atoms with E-state index >= 15 is 0 Å². The Morgan fingerprint density at radius 3 is 2.14 bits per heavy atom. The number of aromatic nitrogens is 3. The first-order valence-electron chi connectivity index (χ1n) is 10.9. The molecule has 0 fully saturated rings. The molecule has 0 bridgehead atoms. The molecule has 3 N–H and O–H groups in total. The van der Waals surface area contributed by atoms with Crippen LogP contribution >= 0.6 is 0 Å². The number of amidine groups is 1. The maximum Gasteiger partial charge on any atom is 0.297 e. The average molecular weight is 473 g/mol. The van der Waals surface area contributed by atoms with Gasteiger partial charge >= 0.3 is 0 Å². The van der Waals surface area contributed by atoms with Crippen LogP contribution in [-0.2, 0) is 4.79 Å². The molecule has 2 aromatic carbocycles. The average Bonchev–Trinajstić information content (AvgIpc) is 3.15. The Kier molecular flexibility index (Phi) is 6.91. The predicted molar refractivity (Wildman–Crippen MR) is 133 cm³/mol. The second kappa shape index (κ2) is 10.4. The molecule has 0 atom stereocenters. The number of hydrogen-bond acceptors (Lipinski definition) is 10. The smallest absolute Gasteiger partial charge is 0.297 e. The molecular formula is C23H23N9O3. The Hall–Kier alpha value is -4.87. The van der Waals surface area contributed by atoms with Gasteiger partial charge < -0.3 is 10.6 Å². The number of carbonyl (C=O) groups is 1. The van der Waals surface area contributed by atoms with E-state index in [1.165, 1.54) is 17.2 Å². The summed E-state index contributed by atoms with van der Waals surface area (Å²) in [4.78, 5) is 41.8. The number of hydrazine groups is 1. The van der Waals surface area contributed by atoms with E-state index in [0.29, 0.717) is 36.4 Å². The van der Waals surface area contributed by atoms with Crippen LogP contribution in [0, 0.1) is 10.1 Å². The third-order valence-electron chi connectivity index (χ3n) is 4.84. The zero-order valence-electron chi connectivity index (χ0n) is 19.1. The first-order valence-corrected chi connectivity index (χ1v) is 10.9. The number of para-hydroxylation sites is 1. The SMILES string of the molecule is CCNc1nc(NCC)nc(NN2C(=O)/C(=C/c3ccccc3[N+](=O)[O-])N=C2c2ccccc2)n1.